The van der Waals surface area contributed by atoms with Crippen LogP contribution in [-0.4, -0.2) is 20.3 Å². The Kier molecular flexibility index (Phi) is 5.95. The van der Waals surface area contributed by atoms with E-state index in [1.54, 1.807) is 4.57 Å². The number of hydrogen-bond donors (Lipinski definition) is 1. The van der Waals surface area contributed by atoms with Crippen LogP contribution in [0.3, 0.4) is 0 Å². The first-order chi connectivity index (χ1) is 15.4. The molecule has 1 amide bonds. The molecule has 4 aromatic rings. The molecule has 0 atom stereocenters. The summed E-state index contributed by atoms with van der Waals surface area (Å²) in [4.78, 5) is 26.0. The van der Waals surface area contributed by atoms with Crippen LogP contribution in [0.1, 0.15) is 35.7 Å². The lowest BCUT2D eigenvalue weighted by Crippen LogP contribution is -2.27. The molecule has 0 fully saturated rings. The number of carbonyl (C=O) groups is 1. The third kappa shape index (κ3) is 3.96. The lowest BCUT2D eigenvalue weighted by atomic mass is 10.0. The van der Waals surface area contributed by atoms with Gasteiger partial charge in [-0.05, 0) is 63.9 Å². The Hall–Kier alpha value is -3.67. The number of aromatic nitrogens is 3. The van der Waals surface area contributed by atoms with Crippen LogP contribution >= 0.6 is 0 Å². The second-order valence-corrected chi connectivity index (χ2v) is 8.10. The first-order valence-corrected chi connectivity index (χ1v) is 10.9. The van der Waals surface area contributed by atoms with Crippen molar-refractivity contribution >= 4 is 22.6 Å². The van der Waals surface area contributed by atoms with Gasteiger partial charge >= 0.3 is 0 Å². The molecule has 0 aliphatic rings. The van der Waals surface area contributed by atoms with Crippen LogP contribution < -0.4 is 10.9 Å². The minimum atomic E-state index is -0.104. The van der Waals surface area contributed by atoms with E-state index in [9.17, 15) is 9.59 Å². The molecule has 0 radical (unpaired) electrons. The molecule has 0 saturated heterocycles. The van der Waals surface area contributed by atoms with Crippen LogP contribution in [0.15, 0.2) is 59.4 Å². The van der Waals surface area contributed by atoms with Crippen molar-refractivity contribution in [1.82, 2.24) is 14.3 Å². The number of para-hydroxylation sites is 1. The summed E-state index contributed by atoms with van der Waals surface area (Å²) in [6.07, 6.45) is 0.624. The zero-order chi connectivity index (χ0) is 22.8. The summed E-state index contributed by atoms with van der Waals surface area (Å²) in [6, 6.07) is 17.5. The summed E-state index contributed by atoms with van der Waals surface area (Å²) in [6.45, 7) is 8.41. The standard InChI is InChI=1S/C26H28N4O2/c1-5-29-25-24(19(4)28-30(25)21-9-7-6-8-10-21)18(3)22(26(29)32)15-16-23(31)27-20-13-11-17(2)12-14-20/h6-14H,5,15-16H2,1-4H3,(H,27,31). The van der Waals surface area contributed by atoms with Crippen molar-refractivity contribution in [1.29, 1.82) is 0 Å². The van der Waals surface area contributed by atoms with Crippen molar-refractivity contribution in [2.45, 2.75) is 47.1 Å². The largest absolute Gasteiger partial charge is 0.326 e. The molecule has 1 N–H and O–H groups in total. The third-order valence-corrected chi connectivity index (χ3v) is 5.88. The van der Waals surface area contributed by atoms with Crippen LogP contribution in [0.5, 0.6) is 0 Å². The van der Waals surface area contributed by atoms with Crippen LogP contribution in [0, 0.1) is 20.8 Å². The number of benzene rings is 2. The monoisotopic (exact) mass is 428 g/mol. The van der Waals surface area contributed by atoms with E-state index in [1.807, 2.05) is 87.0 Å². The van der Waals surface area contributed by atoms with Gasteiger partial charge in [0.15, 0.2) is 0 Å². The number of aryl methyl sites for hydroxylation is 4. The molecule has 164 valence electrons. The number of amides is 1. The fraction of sp³-hybridized carbons (Fsp3) is 0.269. The normalized spacial score (nSPS) is 11.1. The van der Waals surface area contributed by atoms with Crippen molar-refractivity contribution in [2.75, 3.05) is 5.32 Å². The van der Waals surface area contributed by atoms with Crippen LogP contribution in [-0.2, 0) is 17.8 Å². The molecule has 2 heterocycles. The third-order valence-electron chi connectivity index (χ3n) is 5.88. The average Bonchev–Trinajstić information content (AvgIpc) is 3.13. The molecule has 32 heavy (non-hydrogen) atoms. The van der Waals surface area contributed by atoms with Crippen LogP contribution in [0.2, 0.25) is 0 Å². The average molecular weight is 429 g/mol. The van der Waals surface area contributed by atoms with Crippen molar-refractivity contribution in [2.24, 2.45) is 0 Å². The maximum absolute atomic E-state index is 13.4. The summed E-state index contributed by atoms with van der Waals surface area (Å²) in [7, 11) is 0. The number of nitrogens with zero attached hydrogens (tertiary/aromatic N) is 3. The molecule has 2 aromatic carbocycles. The second kappa shape index (κ2) is 8.83. The van der Waals surface area contributed by atoms with E-state index in [2.05, 4.69) is 5.32 Å². The van der Waals surface area contributed by atoms with E-state index in [-0.39, 0.29) is 17.9 Å². The lowest BCUT2D eigenvalue weighted by molar-refractivity contribution is -0.116. The molecule has 2 aromatic heterocycles. The number of rotatable bonds is 6. The van der Waals surface area contributed by atoms with Gasteiger partial charge in [-0.3, -0.25) is 14.2 Å². The fourth-order valence-corrected chi connectivity index (χ4v) is 4.21. The Bertz CT molecular complexity index is 1330. The molecule has 4 rings (SSSR count). The molecule has 6 heteroatoms. The van der Waals surface area contributed by atoms with E-state index in [4.69, 9.17) is 5.10 Å². The molecule has 0 spiro atoms. The van der Waals surface area contributed by atoms with Crippen molar-refractivity contribution in [3.05, 3.63) is 87.3 Å². The number of carbonyl (C=O) groups excluding carboxylic acids is 1. The van der Waals surface area contributed by atoms with Crippen molar-refractivity contribution in [3.63, 3.8) is 0 Å². The Morgan fingerprint density at radius 1 is 1.00 bits per heavy atom. The molecule has 0 saturated carbocycles. The van der Waals surface area contributed by atoms with Crippen LogP contribution in [0.4, 0.5) is 5.69 Å². The van der Waals surface area contributed by atoms with E-state index in [0.717, 1.165) is 39.2 Å². The van der Waals surface area contributed by atoms with Crippen LogP contribution in [0.25, 0.3) is 16.7 Å². The SMILES string of the molecule is CCn1c(=O)c(CCC(=O)Nc2ccc(C)cc2)c(C)c2c(C)nn(-c3ccccc3)c21. The van der Waals surface area contributed by atoms with Gasteiger partial charge in [-0.1, -0.05) is 35.9 Å². The highest BCUT2D eigenvalue weighted by Crippen LogP contribution is 2.26. The number of anilines is 1. The molecular weight excluding hydrogens is 400 g/mol. The van der Waals surface area contributed by atoms with Crippen molar-refractivity contribution < 1.29 is 4.79 Å². The quantitative estimate of drug-likeness (QED) is 0.484. The summed E-state index contributed by atoms with van der Waals surface area (Å²) >= 11 is 0. The topological polar surface area (TPSA) is 68.9 Å². The fourth-order valence-electron chi connectivity index (χ4n) is 4.21. The summed E-state index contributed by atoms with van der Waals surface area (Å²) < 4.78 is 3.61. The highest BCUT2D eigenvalue weighted by Gasteiger charge is 2.21. The molecule has 0 aliphatic heterocycles. The zero-order valence-electron chi connectivity index (χ0n) is 19.0. The van der Waals surface area contributed by atoms with Gasteiger partial charge in [-0.2, -0.15) is 5.10 Å². The zero-order valence-corrected chi connectivity index (χ0v) is 19.0. The maximum Gasteiger partial charge on any atom is 0.255 e. The first kappa shape index (κ1) is 21.6. The van der Waals surface area contributed by atoms with Gasteiger partial charge < -0.3 is 5.32 Å². The van der Waals surface area contributed by atoms with E-state index < -0.39 is 0 Å². The van der Waals surface area contributed by atoms with Gasteiger partial charge in [-0.25, -0.2) is 4.68 Å². The minimum absolute atomic E-state index is 0.0577. The van der Waals surface area contributed by atoms with Gasteiger partial charge in [0, 0.05) is 29.6 Å². The van der Waals surface area contributed by atoms with E-state index in [1.165, 1.54) is 0 Å². The lowest BCUT2D eigenvalue weighted by Gasteiger charge is -2.14. The smallest absolute Gasteiger partial charge is 0.255 e. The molecule has 6 nitrogen and oxygen atoms in total. The second-order valence-electron chi connectivity index (χ2n) is 8.10. The molecule has 0 bridgehead atoms. The number of nitrogens with one attached hydrogen (secondary N) is 1. The Morgan fingerprint density at radius 3 is 2.34 bits per heavy atom. The van der Waals surface area contributed by atoms with Gasteiger partial charge in [0.05, 0.1) is 11.4 Å². The number of hydrogen-bond acceptors (Lipinski definition) is 3. The molecule has 0 aliphatic carbocycles. The predicted octanol–water partition coefficient (Wildman–Crippen LogP) is 4.70. The van der Waals surface area contributed by atoms with Crippen molar-refractivity contribution in [3.8, 4) is 5.69 Å². The summed E-state index contributed by atoms with van der Waals surface area (Å²) in [5.74, 6) is -0.104. The summed E-state index contributed by atoms with van der Waals surface area (Å²) in [5, 5.41) is 8.64. The predicted molar refractivity (Wildman–Crippen MR) is 129 cm³/mol. The van der Waals surface area contributed by atoms with Gasteiger partial charge in [0.25, 0.3) is 5.56 Å². The van der Waals surface area contributed by atoms with E-state index in [0.29, 0.717) is 18.5 Å². The highest BCUT2D eigenvalue weighted by atomic mass is 16.1. The maximum atomic E-state index is 13.4. The van der Waals surface area contributed by atoms with Gasteiger partial charge in [-0.15, -0.1) is 0 Å². The molecular formula is C26H28N4O2. The molecule has 0 unspecified atom stereocenters. The Morgan fingerprint density at radius 2 is 1.69 bits per heavy atom. The highest BCUT2D eigenvalue weighted by molar-refractivity contribution is 5.91. The first-order valence-electron chi connectivity index (χ1n) is 10.9. The summed E-state index contributed by atoms with van der Waals surface area (Å²) in [5.41, 5.74) is 6.00. The minimum Gasteiger partial charge on any atom is -0.326 e. The Balaban J connectivity index is 1.70. The van der Waals surface area contributed by atoms with E-state index >= 15 is 0 Å². The number of fused-ring (bicyclic) bond motifs is 1. The van der Waals surface area contributed by atoms with Gasteiger partial charge in [0.1, 0.15) is 5.65 Å². The van der Waals surface area contributed by atoms with Gasteiger partial charge in [0.2, 0.25) is 5.91 Å². The Labute approximate surface area is 187 Å². The number of pyridine rings is 1.